The molecule has 0 unspecified atom stereocenters. The molecule has 0 radical (unpaired) electrons. The number of carbonyl (C=O) groups is 1. The molecule has 0 spiro atoms. The van der Waals surface area contributed by atoms with Crippen LogP contribution in [0.1, 0.15) is 11.1 Å². The zero-order valence-electron chi connectivity index (χ0n) is 14.3. The summed E-state index contributed by atoms with van der Waals surface area (Å²) >= 11 is 0. The van der Waals surface area contributed by atoms with Crippen molar-refractivity contribution in [2.24, 2.45) is 0 Å². The lowest BCUT2D eigenvalue weighted by Gasteiger charge is -2.15. The number of anilines is 1. The highest BCUT2D eigenvalue weighted by atomic mass is 16.5. The van der Waals surface area contributed by atoms with Crippen LogP contribution in [0, 0.1) is 0 Å². The molecule has 2 aromatic rings. The van der Waals surface area contributed by atoms with Crippen molar-refractivity contribution in [2.45, 2.75) is 6.42 Å². The first-order valence-electron chi connectivity index (χ1n) is 8.22. The summed E-state index contributed by atoms with van der Waals surface area (Å²) in [6.45, 7) is 4.77. The van der Waals surface area contributed by atoms with Crippen molar-refractivity contribution in [1.82, 2.24) is 0 Å². The van der Waals surface area contributed by atoms with Crippen LogP contribution in [-0.2, 0) is 11.2 Å². The summed E-state index contributed by atoms with van der Waals surface area (Å²) in [6.07, 6.45) is 5.98. The molecule has 1 aliphatic heterocycles. The SMILES string of the molecule is C=CCOc1ccc(/C=C/C(=O)N2CCc3ccccc32)cc1OC. The van der Waals surface area contributed by atoms with Crippen molar-refractivity contribution in [3.63, 3.8) is 0 Å². The van der Waals surface area contributed by atoms with Gasteiger partial charge in [0.05, 0.1) is 7.11 Å². The number of hydrogen-bond acceptors (Lipinski definition) is 3. The van der Waals surface area contributed by atoms with Crippen LogP contribution in [0.5, 0.6) is 11.5 Å². The van der Waals surface area contributed by atoms with Crippen LogP contribution < -0.4 is 14.4 Å². The number of carbonyl (C=O) groups excluding carboxylic acids is 1. The number of benzene rings is 2. The molecule has 3 rings (SSSR count). The van der Waals surface area contributed by atoms with E-state index >= 15 is 0 Å². The summed E-state index contributed by atoms with van der Waals surface area (Å²) in [5.74, 6) is 1.26. The topological polar surface area (TPSA) is 38.8 Å². The molecule has 1 aliphatic rings. The van der Waals surface area contributed by atoms with Crippen molar-refractivity contribution in [1.29, 1.82) is 0 Å². The Bertz CT molecular complexity index is 811. The van der Waals surface area contributed by atoms with Gasteiger partial charge in [-0.05, 0) is 41.8 Å². The lowest BCUT2D eigenvalue weighted by Crippen LogP contribution is -2.26. The van der Waals surface area contributed by atoms with Gasteiger partial charge >= 0.3 is 0 Å². The monoisotopic (exact) mass is 335 g/mol. The molecule has 25 heavy (non-hydrogen) atoms. The average Bonchev–Trinajstić information content (AvgIpc) is 3.09. The fourth-order valence-electron chi connectivity index (χ4n) is 2.88. The third-order valence-electron chi connectivity index (χ3n) is 4.12. The molecule has 0 saturated carbocycles. The maximum atomic E-state index is 12.5. The fourth-order valence-corrected chi connectivity index (χ4v) is 2.88. The van der Waals surface area contributed by atoms with E-state index in [0.717, 1.165) is 24.2 Å². The Morgan fingerprint density at radius 1 is 1.24 bits per heavy atom. The molecule has 1 heterocycles. The van der Waals surface area contributed by atoms with E-state index in [-0.39, 0.29) is 5.91 Å². The molecular formula is C21H21NO3. The van der Waals surface area contributed by atoms with E-state index in [1.54, 1.807) is 25.3 Å². The molecule has 0 saturated heterocycles. The van der Waals surface area contributed by atoms with Gasteiger partial charge in [-0.2, -0.15) is 0 Å². The Morgan fingerprint density at radius 3 is 2.88 bits per heavy atom. The van der Waals surface area contributed by atoms with Crippen molar-refractivity contribution in [3.8, 4) is 11.5 Å². The minimum Gasteiger partial charge on any atom is -0.493 e. The van der Waals surface area contributed by atoms with E-state index in [4.69, 9.17) is 9.47 Å². The van der Waals surface area contributed by atoms with Gasteiger partial charge in [-0.3, -0.25) is 4.79 Å². The van der Waals surface area contributed by atoms with Crippen molar-refractivity contribution in [3.05, 3.63) is 72.3 Å². The molecule has 2 aromatic carbocycles. The molecule has 0 aliphatic carbocycles. The van der Waals surface area contributed by atoms with Gasteiger partial charge in [0.25, 0.3) is 5.91 Å². The fraction of sp³-hybridized carbons (Fsp3) is 0.190. The molecule has 128 valence electrons. The van der Waals surface area contributed by atoms with Gasteiger partial charge in [0.1, 0.15) is 6.61 Å². The van der Waals surface area contributed by atoms with Crippen LogP contribution in [0.4, 0.5) is 5.69 Å². The number of hydrogen-bond donors (Lipinski definition) is 0. The molecule has 0 fully saturated rings. The molecule has 0 aromatic heterocycles. The van der Waals surface area contributed by atoms with Gasteiger partial charge in [0.2, 0.25) is 0 Å². The molecule has 0 atom stereocenters. The summed E-state index contributed by atoms with van der Waals surface area (Å²) in [5, 5.41) is 0. The molecule has 1 amide bonds. The summed E-state index contributed by atoms with van der Waals surface area (Å²) in [5.41, 5.74) is 3.10. The standard InChI is InChI=1S/C21H21NO3/c1-3-14-25-19-10-8-16(15-20(19)24-2)9-11-21(23)22-13-12-17-6-4-5-7-18(17)22/h3-11,15H,1,12-14H2,2H3/b11-9+. The van der Waals surface area contributed by atoms with Crippen LogP contribution in [0.15, 0.2) is 61.2 Å². The van der Waals surface area contributed by atoms with E-state index in [0.29, 0.717) is 18.1 Å². The second kappa shape index (κ2) is 7.71. The molecule has 0 bridgehead atoms. The normalized spacial score (nSPS) is 12.9. The first-order valence-corrected chi connectivity index (χ1v) is 8.22. The van der Waals surface area contributed by atoms with Crippen LogP contribution >= 0.6 is 0 Å². The van der Waals surface area contributed by atoms with Gasteiger partial charge in [0, 0.05) is 18.3 Å². The molecule has 0 N–H and O–H groups in total. The Balaban J connectivity index is 1.74. The first kappa shape index (κ1) is 16.8. The second-order valence-corrected chi connectivity index (χ2v) is 5.71. The predicted octanol–water partition coefficient (Wildman–Crippen LogP) is 3.86. The zero-order valence-corrected chi connectivity index (χ0v) is 14.3. The van der Waals surface area contributed by atoms with Crippen LogP contribution in [0.2, 0.25) is 0 Å². The van der Waals surface area contributed by atoms with Crippen molar-refractivity contribution in [2.75, 3.05) is 25.2 Å². The molecule has 4 nitrogen and oxygen atoms in total. The number of para-hydroxylation sites is 1. The first-order chi connectivity index (χ1) is 12.2. The van der Waals surface area contributed by atoms with Gasteiger partial charge < -0.3 is 14.4 Å². The second-order valence-electron chi connectivity index (χ2n) is 5.71. The van der Waals surface area contributed by atoms with E-state index < -0.39 is 0 Å². The van der Waals surface area contributed by atoms with Crippen LogP contribution in [0.3, 0.4) is 0 Å². The maximum absolute atomic E-state index is 12.5. The minimum atomic E-state index is -0.0177. The van der Waals surface area contributed by atoms with Crippen molar-refractivity contribution < 1.29 is 14.3 Å². The smallest absolute Gasteiger partial charge is 0.251 e. The highest BCUT2D eigenvalue weighted by Gasteiger charge is 2.22. The van der Waals surface area contributed by atoms with Crippen LogP contribution in [-0.4, -0.2) is 26.2 Å². The summed E-state index contributed by atoms with van der Waals surface area (Å²) in [6, 6.07) is 13.6. The largest absolute Gasteiger partial charge is 0.493 e. The zero-order chi connectivity index (χ0) is 17.6. The highest BCUT2D eigenvalue weighted by molar-refractivity contribution is 6.05. The lowest BCUT2D eigenvalue weighted by atomic mass is 10.1. The van der Waals surface area contributed by atoms with E-state index in [1.807, 2.05) is 41.3 Å². The van der Waals surface area contributed by atoms with Gasteiger partial charge in [-0.1, -0.05) is 36.9 Å². The summed E-state index contributed by atoms with van der Waals surface area (Å²) in [7, 11) is 1.59. The van der Waals surface area contributed by atoms with Crippen LogP contribution in [0.25, 0.3) is 6.08 Å². The summed E-state index contributed by atoms with van der Waals surface area (Å²) < 4.78 is 10.9. The summed E-state index contributed by atoms with van der Waals surface area (Å²) in [4.78, 5) is 14.3. The third kappa shape index (κ3) is 3.74. The number of rotatable bonds is 6. The number of methoxy groups -OCH3 is 1. The Labute approximate surface area is 148 Å². The molecule has 4 heteroatoms. The molecular weight excluding hydrogens is 314 g/mol. The van der Waals surface area contributed by atoms with Gasteiger partial charge in [-0.25, -0.2) is 0 Å². The highest BCUT2D eigenvalue weighted by Crippen LogP contribution is 2.29. The Morgan fingerprint density at radius 2 is 2.08 bits per heavy atom. The van der Waals surface area contributed by atoms with Gasteiger partial charge in [0.15, 0.2) is 11.5 Å². The maximum Gasteiger partial charge on any atom is 0.251 e. The third-order valence-corrected chi connectivity index (χ3v) is 4.12. The predicted molar refractivity (Wildman–Crippen MR) is 100 cm³/mol. The average molecular weight is 335 g/mol. The van der Waals surface area contributed by atoms with E-state index in [2.05, 4.69) is 12.6 Å². The number of nitrogens with zero attached hydrogens (tertiary/aromatic N) is 1. The number of fused-ring (bicyclic) bond motifs is 1. The van der Waals surface area contributed by atoms with E-state index in [1.165, 1.54) is 5.56 Å². The Hall–Kier alpha value is -3.01. The number of ether oxygens (including phenoxy) is 2. The van der Waals surface area contributed by atoms with E-state index in [9.17, 15) is 4.79 Å². The van der Waals surface area contributed by atoms with Crippen molar-refractivity contribution >= 4 is 17.7 Å². The lowest BCUT2D eigenvalue weighted by molar-refractivity contribution is -0.114. The minimum absolute atomic E-state index is 0.0177. The van der Waals surface area contributed by atoms with Gasteiger partial charge in [-0.15, -0.1) is 0 Å². The quantitative estimate of drug-likeness (QED) is 0.594. The number of amides is 1. The Kier molecular flexibility index (Phi) is 5.19.